The van der Waals surface area contributed by atoms with Crippen LogP contribution in [0.15, 0.2) is 36.5 Å². The molecule has 21 heavy (non-hydrogen) atoms. The Morgan fingerprint density at radius 3 is 2.71 bits per heavy atom. The molecule has 6 nitrogen and oxygen atoms in total. The number of hydrogen-bond acceptors (Lipinski definition) is 4. The van der Waals surface area contributed by atoms with Crippen molar-refractivity contribution in [3.63, 3.8) is 0 Å². The van der Waals surface area contributed by atoms with Gasteiger partial charge >= 0.3 is 5.97 Å². The Hall–Kier alpha value is -2.60. The standard InChI is InChI=1S/C14H12ClN3O3/c15-9-1-2-11(13(16)19)12(6-9)18-7-10-5-8(14(20)21)3-4-17-10/h1-6,18H,7H2,(H2,16,19)(H,20,21). The number of nitrogens with zero attached hydrogens (tertiary/aromatic N) is 1. The Morgan fingerprint density at radius 1 is 1.29 bits per heavy atom. The minimum Gasteiger partial charge on any atom is -0.478 e. The van der Waals surface area contributed by atoms with Crippen molar-refractivity contribution in [2.24, 2.45) is 5.73 Å². The van der Waals surface area contributed by atoms with E-state index in [1.165, 1.54) is 24.4 Å². The Labute approximate surface area is 125 Å². The van der Waals surface area contributed by atoms with Gasteiger partial charge in [-0.25, -0.2) is 4.79 Å². The van der Waals surface area contributed by atoms with Crippen molar-refractivity contribution in [1.82, 2.24) is 4.98 Å². The molecule has 0 aliphatic heterocycles. The zero-order chi connectivity index (χ0) is 15.4. The largest absolute Gasteiger partial charge is 0.478 e. The molecule has 1 aromatic heterocycles. The fourth-order valence-electron chi connectivity index (χ4n) is 1.77. The number of primary amides is 1. The fraction of sp³-hybridized carbons (Fsp3) is 0.0714. The number of carbonyl (C=O) groups excluding carboxylic acids is 1. The lowest BCUT2D eigenvalue weighted by atomic mass is 10.1. The third-order valence-corrected chi connectivity index (χ3v) is 3.01. The normalized spacial score (nSPS) is 10.1. The molecule has 0 unspecified atom stereocenters. The van der Waals surface area contributed by atoms with Crippen LogP contribution < -0.4 is 11.1 Å². The topological polar surface area (TPSA) is 105 Å². The van der Waals surface area contributed by atoms with E-state index in [2.05, 4.69) is 10.3 Å². The smallest absolute Gasteiger partial charge is 0.335 e. The number of hydrogen-bond donors (Lipinski definition) is 3. The molecule has 0 radical (unpaired) electrons. The average molecular weight is 306 g/mol. The Morgan fingerprint density at radius 2 is 2.05 bits per heavy atom. The van der Waals surface area contributed by atoms with Crippen LogP contribution in [0.1, 0.15) is 26.4 Å². The quantitative estimate of drug-likeness (QED) is 0.785. The highest BCUT2D eigenvalue weighted by atomic mass is 35.5. The molecule has 4 N–H and O–H groups in total. The van der Waals surface area contributed by atoms with Crippen molar-refractivity contribution in [3.8, 4) is 0 Å². The highest BCUT2D eigenvalue weighted by Gasteiger charge is 2.09. The van der Waals surface area contributed by atoms with Crippen molar-refractivity contribution >= 4 is 29.2 Å². The molecule has 108 valence electrons. The minimum absolute atomic E-state index is 0.142. The lowest BCUT2D eigenvalue weighted by Crippen LogP contribution is -2.14. The number of benzene rings is 1. The van der Waals surface area contributed by atoms with E-state index in [1.54, 1.807) is 12.1 Å². The molecule has 1 amide bonds. The van der Waals surface area contributed by atoms with E-state index in [9.17, 15) is 9.59 Å². The first kappa shape index (κ1) is 14.8. The molecule has 0 atom stereocenters. The van der Waals surface area contributed by atoms with Gasteiger partial charge in [0, 0.05) is 16.9 Å². The molecule has 0 saturated heterocycles. The first-order valence-electron chi connectivity index (χ1n) is 5.99. The summed E-state index contributed by atoms with van der Waals surface area (Å²) in [6.07, 6.45) is 1.41. The highest BCUT2D eigenvalue weighted by Crippen LogP contribution is 2.21. The number of anilines is 1. The number of aromatic nitrogens is 1. The molecule has 7 heteroatoms. The second-order valence-electron chi connectivity index (χ2n) is 4.25. The fourth-order valence-corrected chi connectivity index (χ4v) is 1.94. The molecule has 0 aliphatic carbocycles. The molecule has 0 saturated carbocycles. The van der Waals surface area contributed by atoms with Crippen LogP contribution in [0, 0.1) is 0 Å². The SMILES string of the molecule is NC(=O)c1ccc(Cl)cc1NCc1cc(C(=O)O)ccn1. The molecule has 0 aliphatic rings. The van der Waals surface area contributed by atoms with Gasteiger partial charge < -0.3 is 16.2 Å². The van der Waals surface area contributed by atoms with Crippen LogP contribution in [-0.2, 0) is 6.54 Å². The third kappa shape index (κ3) is 3.70. The molecular formula is C14H12ClN3O3. The molecule has 0 bridgehead atoms. The number of pyridine rings is 1. The van der Waals surface area contributed by atoms with Gasteiger partial charge in [0.15, 0.2) is 0 Å². The van der Waals surface area contributed by atoms with Crippen molar-refractivity contribution < 1.29 is 14.7 Å². The van der Waals surface area contributed by atoms with Crippen molar-refractivity contribution in [1.29, 1.82) is 0 Å². The Bertz CT molecular complexity index is 704. The van der Waals surface area contributed by atoms with Gasteiger partial charge in [-0.1, -0.05) is 11.6 Å². The van der Waals surface area contributed by atoms with Gasteiger partial charge in [0.25, 0.3) is 5.91 Å². The molecule has 2 rings (SSSR count). The van der Waals surface area contributed by atoms with E-state index in [4.69, 9.17) is 22.4 Å². The highest BCUT2D eigenvalue weighted by molar-refractivity contribution is 6.31. The molecule has 0 spiro atoms. The lowest BCUT2D eigenvalue weighted by Gasteiger charge is -2.10. The van der Waals surface area contributed by atoms with Crippen molar-refractivity contribution in [2.45, 2.75) is 6.54 Å². The first-order chi connectivity index (χ1) is 9.97. The predicted molar refractivity (Wildman–Crippen MR) is 78.5 cm³/mol. The summed E-state index contributed by atoms with van der Waals surface area (Å²) in [5.41, 5.74) is 6.71. The van der Waals surface area contributed by atoms with Crippen LogP contribution in [-0.4, -0.2) is 22.0 Å². The van der Waals surface area contributed by atoms with E-state index in [1.807, 2.05) is 0 Å². The van der Waals surface area contributed by atoms with Crippen LogP contribution in [0.3, 0.4) is 0 Å². The number of carboxylic acid groups (broad SMARTS) is 1. The van der Waals surface area contributed by atoms with Crippen LogP contribution >= 0.6 is 11.6 Å². The molecule has 0 fully saturated rings. The summed E-state index contributed by atoms with van der Waals surface area (Å²) in [6.45, 7) is 0.238. The van der Waals surface area contributed by atoms with Gasteiger partial charge in [-0.05, 0) is 30.3 Å². The van der Waals surface area contributed by atoms with Crippen LogP contribution in [0.5, 0.6) is 0 Å². The number of nitrogens with one attached hydrogen (secondary N) is 1. The summed E-state index contributed by atoms with van der Waals surface area (Å²) in [6, 6.07) is 7.51. The van der Waals surface area contributed by atoms with Crippen molar-refractivity contribution in [2.75, 3.05) is 5.32 Å². The number of carbonyl (C=O) groups is 2. The lowest BCUT2D eigenvalue weighted by molar-refractivity contribution is 0.0696. The maximum atomic E-state index is 11.3. The number of nitrogens with two attached hydrogens (primary N) is 1. The van der Waals surface area contributed by atoms with E-state index >= 15 is 0 Å². The summed E-state index contributed by atoms with van der Waals surface area (Å²) in [4.78, 5) is 26.3. The maximum absolute atomic E-state index is 11.3. The van der Waals surface area contributed by atoms with Gasteiger partial charge in [0.1, 0.15) is 0 Å². The summed E-state index contributed by atoms with van der Waals surface area (Å²) in [5.74, 6) is -1.61. The first-order valence-corrected chi connectivity index (χ1v) is 6.36. The van der Waals surface area contributed by atoms with E-state index < -0.39 is 11.9 Å². The predicted octanol–water partition coefficient (Wildman–Crippen LogP) is 2.14. The minimum atomic E-state index is -1.03. The number of amides is 1. The summed E-state index contributed by atoms with van der Waals surface area (Å²) in [5, 5.41) is 12.4. The molecule has 2 aromatic rings. The molecule has 1 heterocycles. The monoisotopic (exact) mass is 305 g/mol. The van der Waals surface area contributed by atoms with Gasteiger partial charge in [0.05, 0.1) is 23.4 Å². The second-order valence-corrected chi connectivity index (χ2v) is 4.69. The summed E-state index contributed by atoms with van der Waals surface area (Å²) in [7, 11) is 0. The number of halogens is 1. The Balaban J connectivity index is 2.20. The van der Waals surface area contributed by atoms with Gasteiger partial charge in [-0.15, -0.1) is 0 Å². The van der Waals surface area contributed by atoms with Gasteiger partial charge in [-0.2, -0.15) is 0 Å². The Kier molecular flexibility index (Phi) is 4.39. The number of aromatic carboxylic acids is 1. The van der Waals surface area contributed by atoms with Crippen LogP contribution in [0.2, 0.25) is 5.02 Å². The van der Waals surface area contributed by atoms with E-state index in [0.29, 0.717) is 22.0 Å². The number of rotatable bonds is 5. The average Bonchev–Trinajstić information content (AvgIpc) is 2.45. The molecular weight excluding hydrogens is 294 g/mol. The van der Waals surface area contributed by atoms with Gasteiger partial charge in [-0.3, -0.25) is 9.78 Å². The van der Waals surface area contributed by atoms with E-state index in [0.717, 1.165) is 0 Å². The van der Waals surface area contributed by atoms with Crippen LogP contribution in [0.25, 0.3) is 0 Å². The van der Waals surface area contributed by atoms with Crippen molar-refractivity contribution in [3.05, 3.63) is 58.4 Å². The summed E-state index contributed by atoms with van der Waals surface area (Å²) >= 11 is 5.88. The van der Waals surface area contributed by atoms with E-state index in [-0.39, 0.29) is 12.1 Å². The number of carboxylic acids is 1. The zero-order valence-electron chi connectivity index (χ0n) is 10.8. The second kappa shape index (κ2) is 6.23. The van der Waals surface area contributed by atoms with Crippen LogP contribution in [0.4, 0.5) is 5.69 Å². The van der Waals surface area contributed by atoms with Gasteiger partial charge in [0.2, 0.25) is 0 Å². The summed E-state index contributed by atoms with van der Waals surface area (Å²) < 4.78 is 0. The molecule has 1 aromatic carbocycles. The zero-order valence-corrected chi connectivity index (χ0v) is 11.6. The maximum Gasteiger partial charge on any atom is 0.335 e. The third-order valence-electron chi connectivity index (χ3n) is 2.77.